The lowest BCUT2D eigenvalue weighted by Gasteiger charge is -2.18. The van der Waals surface area contributed by atoms with Gasteiger partial charge in [0.15, 0.2) is 5.78 Å². The van der Waals surface area contributed by atoms with Gasteiger partial charge in [0.05, 0.1) is 5.02 Å². The number of pyridine rings is 1. The van der Waals surface area contributed by atoms with Crippen molar-refractivity contribution in [2.45, 2.75) is 26.2 Å². The second kappa shape index (κ2) is 10.4. The third-order valence-corrected chi connectivity index (χ3v) is 6.35. The number of Topliss-reactive ketones (excluding diaryl/α,β-unsaturated/α-hetero) is 1. The van der Waals surface area contributed by atoms with E-state index in [1.807, 2.05) is 11.8 Å². The van der Waals surface area contributed by atoms with Crippen LogP contribution in [0.3, 0.4) is 0 Å². The lowest BCUT2D eigenvalue weighted by molar-refractivity contribution is 0.0992. The predicted octanol–water partition coefficient (Wildman–Crippen LogP) is 5.80. The number of amidine groups is 1. The minimum Gasteiger partial charge on any atom is -0.357 e. The third kappa shape index (κ3) is 5.46. The molecular weight excluding hydrogens is 471 g/mol. The van der Waals surface area contributed by atoms with E-state index >= 15 is 0 Å². The minimum atomic E-state index is -0.405. The molecule has 1 aliphatic heterocycles. The monoisotopic (exact) mass is 494 g/mol. The first-order valence-electron chi connectivity index (χ1n) is 11.0. The Hall–Kier alpha value is -3.22. The van der Waals surface area contributed by atoms with Gasteiger partial charge in [0.25, 0.3) is 5.91 Å². The summed E-state index contributed by atoms with van der Waals surface area (Å²) in [7, 11) is 0. The maximum atomic E-state index is 13.1. The van der Waals surface area contributed by atoms with Crippen LogP contribution in [0.4, 0.5) is 5.82 Å². The van der Waals surface area contributed by atoms with Crippen molar-refractivity contribution >= 4 is 46.5 Å². The molecule has 2 N–H and O–H groups in total. The number of aryl methyl sites for hydroxylation is 1. The number of rotatable bonds is 6. The van der Waals surface area contributed by atoms with Gasteiger partial charge in [-0.25, -0.2) is 4.98 Å². The average molecular weight is 495 g/mol. The van der Waals surface area contributed by atoms with E-state index in [0.717, 1.165) is 37.1 Å². The van der Waals surface area contributed by atoms with E-state index in [2.05, 4.69) is 10.3 Å². The Kier molecular flexibility index (Phi) is 7.29. The predicted molar refractivity (Wildman–Crippen MR) is 136 cm³/mol. The van der Waals surface area contributed by atoms with Crippen molar-refractivity contribution < 1.29 is 9.59 Å². The molecule has 6 nitrogen and oxygen atoms in total. The van der Waals surface area contributed by atoms with Gasteiger partial charge in [-0.3, -0.25) is 15.0 Å². The fraction of sp³-hybridized carbons (Fsp3) is 0.231. The number of likely N-dealkylation sites (tertiary alicyclic amines) is 1. The van der Waals surface area contributed by atoms with Gasteiger partial charge in [0, 0.05) is 47.4 Å². The zero-order valence-electron chi connectivity index (χ0n) is 18.7. The smallest absolute Gasteiger partial charge is 0.257 e. The average Bonchev–Trinajstić information content (AvgIpc) is 3.36. The van der Waals surface area contributed by atoms with E-state index in [1.165, 1.54) is 6.20 Å². The molecule has 2 aromatic carbocycles. The van der Waals surface area contributed by atoms with Gasteiger partial charge in [0.1, 0.15) is 11.7 Å². The molecule has 0 radical (unpaired) electrons. The van der Waals surface area contributed by atoms with Crippen LogP contribution in [0, 0.1) is 12.3 Å². The molecule has 0 saturated carbocycles. The van der Waals surface area contributed by atoms with Crippen molar-refractivity contribution in [3.8, 4) is 0 Å². The van der Waals surface area contributed by atoms with Crippen LogP contribution in [0.5, 0.6) is 0 Å². The zero-order valence-corrected chi connectivity index (χ0v) is 20.2. The highest BCUT2D eigenvalue weighted by Gasteiger charge is 2.20. The highest BCUT2D eigenvalue weighted by Crippen LogP contribution is 2.26. The molecule has 8 heteroatoms. The van der Waals surface area contributed by atoms with E-state index in [1.54, 1.807) is 48.5 Å². The van der Waals surface area contributed by atoms with Crippen LogP contribution < -0.4 is 5.32 Å². The van der Waals surface area contributed by atoms with Crippen molar-refractivity contribution in [3.05, 3.63) is 92.6 Å². The van der Waals surface area contributed by atoms with E-state index in [9.17, 15) is 9.59 Å². The van der Waals surface area contributed by atoms with Crippen LogP contribution in [-0.4, -0.2) is 40.5 Å². The summed E-state index contributed by atoms with van der Waals surface area (Å²) in [6.07, 6.45) is 3.61. The van der Waals surface area contributed by atoms with E-state index in [0.29, 0.717) is 38.4 Å². The molecule has 3 aromatic rings. The molecule has 1 saturated heterocycles. The molecule has 0 spiro atoms. The van der Waals surface area contributed by atoms with Gasteiger partial charge in [-0.1, -0.05) is 47.5 Å². The molecule has 1 aliphatic rings. The molecule has 1 aromatic heterocycles. The Balaban J connectivity index is 1.53. The van der Waals surface area contributed by atoms with Crippen LogP contribution >= 0.6 is 23.2 Å². The van der Waals surface area contributed by atoms with Gasteiger partial charge >= 0.3 is 0 Å². The number of carbonyl (C=O) groups is 2. The first-order chi connectivity index (χ1) is 16.3. The number of halogens is 2. The largest absolute Gasteiger partial charge is 0.357 e. The molecule has 4 rings (SSSR count). The number of hydrogen-bond acceptors (Lipinski definition) is 4. The summed E-state index contributed by atoms with van der Waals surface area (Å²) in [5.74, 6) is 0.259. The van der Waals surface area contributed by atoms with E-state index in [4.69, 9.17) is 28.6 Å². The summed E-state index contributed by atoms with van der Waals surface area (Å²) < 4.78 is 0. The molecule has 0 bridgehead atoms. The number of amides is 1. The van der Waals surface area contributed by atoms with Crippen molar-refractivity contribution in [2.75, 3.05) is 18.4 Å². The molecule has 0 unspecified atom stereocenters. The van der Waals surface area contributed by atoms with Crippen molar-refractivity contribution in [2.24, 2.45) is 0 Å². The maximum absolute atomic E-state index is 13.1. The molecule has 0 aliphatic carbocycles. The van der Waals surface area contributed by atoms with Crippen LogP contribution in [-0.2, 0) is 6.42 Å². The fourth-order valence-electron chi connectivity index (χ4n) is 3.99. The Morgan fingerprint density at radius 1 is 1.03 bits per heavy atom. The molecule has 174 valence electrons. The second-order valence-corrected chi connectivity index (χ2v) is 9.15. The summed E-state index contributed by atoms with van der Waals surface area (Å²) in [4.78, 5) is 32.2. The lowest BCUT2D eigenvalue weighted by Crippen LogP contribution is -2.27. The number of nitrogens with zero attached hydrogens (tertiary/aromatic N) is 2. The highest BCUT2D eigenvalue weighted by atomic mass is 35.5. The summed E-state index contributed by atoms with van der Waals surface area (Å²) in [5.41, 5.74) is 2.86. The molecular formula is C26H24Cl2N4O2. The Labute approximate surface area is 208 Å². The highest BCUT2D eigenvalue weighted by molar-refractivity contribution is 6.32. The first kappa shape index (κ1) is 23.9. The number of aromatic nitrogens is 1. The summed E-state index contributed by atoms with van der Waals surface area (Å²) in [6, 6.07) is 13.7. The minimum absolute atomic E-state index is 0.0289. The summed E-state index contributed by atoms with van der Waals surface area (Å²) in [5, 5.41) is 11.9. The summed E-state index contributed by atoms with van der Waals surface area (Å²) >= 11 is 12.3. The van der Waals surface area contributed by atoms with E-state index in [-0.39, 0.29) is 12.2 Å². The quantitative estimate of drug-likeness (QED) is 0.257. The van der Waals surface area contributed by atoms with Crippen LogP contribution in [0.1, 0.15) is 50.2 Å². The number of nitrogens with one attached hydrogen (secondary N) is 2. The normalized spacial score (nSPS) is 13.1. The van der Waals surface area contributed by atoms with Crippen molar-refractivity contribution in [1.82, 2.24) is 9.88 Å². The van der Waals surface area contributed by atoms with Gasteiger partial charge in [-0.05, 0) is 55.2 Å². The molecule has 1 fully saturated rings. The van der Waals surface area contributed by atoms with Crippen LogP contribution in [0.2, 0.25) is 10.0 Å². The van der Waals surface area contributed by atoms with Gasteiger partial charge < -0.3 is 10.2 Å². The summed E-state index contributed by atoms with van der Waals surface area (Å²) in [6.45, 7) is 3.62. The molecule has 2 heterocycles. The Morgan fingerprint density at radius 3 is 2.35 bits per heavy atom. The van der Waals surface area contributed by atoms with Gasteiger partial charge in [-0.15, -0.1) is 0 Å². The topological polar surface area (TPSA) is 86.2 Å². The first-order valence-corrected chi connectivity index (χ1v) is 11.8. The van der Waals surface area contributed by atoms with Crippen LogP contribution in [0.15, 0.2) is 54.7 Å². The fourth-order valence-corrected chi connectivity index (χ4v) is 4.44. The standard InChI is InChI=1S/C26H24Cl2N4O2/c1-16-12-21(26(34)31-24-9-8-19(27)15-30-24)20(22(28)13-16)14-23(33)17-4-6-18(7-5-17)25(29)32-10-2-3-11-32/h4-9,12-13,15,29H,2-3,10-11,14H2,1H3,(H,30,31,34). The third-order valence-electron chi connectivity index (χ3n) is 5.79. The van der Waals surface area contributed by atoms with Crippen molar-refractivity contribution in [1.29, 1.82) is 5.41 Å². The number of anilines is 1. The number of carbonyl (C=O) groups excluding carboxylic acids is 2. The second-order valence-electron chi connectivity index (χ2n) is 8.31. The van der Waals surface area contributed by atoms with Crippen molar-refractivity contribution in [3.63, 3.8) is 0 Å². The zero-order chi connectivity index (χ0) is 24.2. The number of hydrogen-bond donors (Lipinski definition) is 2. The Morgan fingerprint density at radius 2 is 1.71 bits per heavy atom. The van der Waals surface area contributed by atoms with Gasteiger partial charge in [-0.2, -0.15) is 0 Å². The van der Waals surface area contributed by atoms with E-state index < -0.39 is 5.91 Å². The molecule has 34 heavy (non-hydrogen) atoms. The number of ketones is 1. The lowest BCUT2D eigenvalue weighted by atomic mass is 9.96. The molecule has 1 amide bonds. The number of benzene rings is 2. The Bertz CT molecular complexity index is 1230. The van der Waals surface area contributed by atoms with Gasteiger partial charge in [0.2, 0.25) is 0 Å². The van der Waals surface area contributed by atoms with Crippen LogP contribution in [0.25, 0.3) is 0 Å². The SMILES string of the molecule is Cc1cc(Cl)c(CC(=O)c2ccc(C(=N)N3CCCC3)cc2)c(C(=O)Nc2ccc(Cl)cn2)c1. The molecule has 0 atom stereocenters. The maximum Gasteiger partial charge on any atom is 0.257 e.